The highest BCUT2D eigenvalue weighted by Gasteiger charge is 2.35. The lowest BCUT2D eigenvalue weighted by Crippen LogP contribution is -2.53. The molecule has 0 unspecified atom stereocenters. The van der Waals surface area contributed by atoms with Crippen molar-refractivity contribution in [3.8, 4) is 5.75 Å². The van der Waals surface area contributed by atoms with Crippen molar-refractivity contribution in [2.75, 3.05) is 18.0 Å². The molecule has 0 fully saturated rings. The minimum absolute atomic E-state index is 0.0480. The highest BCUT2D eigenvalue weighted by molar-refractivity contribution is 7.92. The van der Waals surface area contributed by atoms with E-state index >= 15 is 0 Å². The minimum atomic E-state index is -4.18. The van der Waals surface area contributed by atoms with Crippen molar-refractivity contribution in [1.82, 2.24) is 10.2 Å². The van der Waals surface area contributed by atoms with Crippen molar-refractivity contribution in [3.05, 3.63) is 89.5 Å². The molecule has 214 valence electrons. The van der Waals surface area contributed by atoms with Gasteiger partial charge in [-0.25, -0.2) is 8.42 Å². The van der Waals surface area contributed by atoms with Crippen molar-refractivity contribution in [2.45, 2.75) is 64.6 Å². The van der Waals surface area contributed by atoms with Crippen LogP contribution in [0.2, 0.25) is 0 Å². The number of amides is 2. The zero-order chi connectivity index (χ0) is 29.4. The number of ether oxygens (including phenoxy) is 1. The Morgan fingerprint density at radius 2 is 1.55 bits per heavy atom. The number of hydrogen-bond acceptors (Lipinski definition) is 5. The van der Waals surface area contributed by atoms with Gasteiger partial charge in [-0.05, 0) is 69.5 Å². The molecule has 9 heteroatoms. The highest BCUT2D eigenvalue weighted by Crippen LogP contribution is 2.32. The first-order chi connectivity index (χ1) is 19.0. The fourth-order valence-corrected chi connectivity index (χ4v) is 5.88. The van der Waals surface area contributed by atoms with Crippen LogP contribution >= 0.6 is 0 Å². The lowest BCUT2D eigenvalue weighted by atomic mass is 10.1. The van der Waals surface area contributed by atoms with Crippen LogP contribution in [0, 0.1) is 13.8 Å². The van der Waals surface area contributed by atoms with Crippen LogP contribution in [0.3, 0.4) is 0 Å². The standard InChI is InChI=1S/C31H39N3O5S/c1-7-27(31(36)32-22(2)3)33(20-25-13-9-8-12-24(25)5)30(35)21-34(28-14-10-11-15-29(28)39-6)40(37,38)26-18-16-23(4)17-19-26/h8-19,22,27H,7,20-21H2,1-6H3,(H,32,36)/t27-/m0/s1. The zero-order valence-electron chi connectivity index (χ0n) is 24.0. The van der Waals surface area contributed by atoms with Gasteiger partial charge in [0, 0.05) is 12.6 Å². The summed E-state index contributed by atoms with van der Waals surface area (Å²) in [6, 6.07) is 19.9. The number of sulfonamides is 1. The number of nitrogens with one attached hydrogen (secondary N) is 1. The van der Waals surface area contributed by atoms with Gasteiger partial charge >= 0.3 is 0 Å². The van der Waals surface area contributed by atoms with Crippen molar-refractivity contribution in [1.29, 1.82) is 0 Å². The lowest BCUT2D eigenvalue weighted by molar-refractivity contribution is -0.140. The first-order valence-electron chi connectivity index (χ1n) is 13.4. The van der Waals surface area contributed by atoms with Crippen LogP contribution < -0.4 is 14.4 Å². The Balaban J connectivity index is 2.11. The Morgan fingerprint density at radius 3 is 2.15 bits per heavy atom. The Hall–Kier alpha value is -3.85. The lowest BCUT2D eigenvalue weighted by Gasteiger charge is -2.34. The molecule has 0 bridgehead atoms. The number of rotatable bonds is 12. The summed E-state index contributed by atoms with van der Waals surface area (Å²) in [5.41, 5.74) is 2.98. The predicted molar refractivity (Wildman–Crippen MR) is 158 cm³/mol. The second-order valence-electron chi connectivity index (χ2n) is 10.0. The quantitative estimate of drug-likeness (QED) is 0.339. The number of benzene rings is 3. The molecule has 0 aromatic heterocycles. The number of para-hydroxylation sites is 2. The van der Waals surface area contributed by atoms with Gasteiger partial charge in [0.1, 0.15) is 18.3 Å². The van der Waals surface area contributed by atoms with Crippen LogP contribution in [-0.2, 0) is 26.2 Å². The third-order valence-corrected chi connectivity index (χ3v) is 8.43. The predicted octanol–water partition coefficient (Wildman–Crippen LogP) is 4.84. The first-order valence-corrected chi connectivity index (χ1v) is 14.8. The van der Waals surface area contributed by atoms with E-state index in [9.17, 15) is 18.0 Å². The molecule has 0 heterocycles. The van der Waals surface area contributed by atoms with E-state index in [0.717, 1.165) is 21.0 Å². The van der Waals surface area contributed by atoms with E-state index in [1.165, 1.54) is 24.1 Å². The SMILES string of the molecule is CC[C@@H](C(=O)NC(C)C)N(Cc1ccccc1C)C(=O)CN(c1ccccc1OC)S(=O)(=O)c1ccc(C)cc1. The molecule has 8 nitrogen and oxygen atoms in total. The average Bonchev–Trinajstić information content (AvgIpc) is 2.92. The first kappa shape index (κ1) is 30.7. The number of carbonyl (C=O) groups excluding carboxylic acids is 2. The van der Waals surface area contributed by atoms with Crippen LogP contribution in [0.15, 0.2) is 77.7 Å². The second-order valence-corrected chi connectivity index (χ2v) is 11.9. The van der Waals surface area contributed by atoms with E-state index < -0.39 is 28.5 Å². The summed E-state index contributed by atoms with van der Waals surface area (Å²) in [6.45, 7) is 8.99. The number of anilines is 1. The Morgan fingerprint density at radius 1 is 0.925 bits per heavy atom. The second kappa shape index (κ2) is 13.5. The molecule has 0 radical (unpaired) electrons. The molecule has 2 amide bonds. The summed E-state index contributed by atoms with van der Waals surface area (Å²) >= 11 is 0. The van der Waals surface area contributed by atoms with Crippen molar-refractivity contribution >= 4 is 27.5 Å². The third kappa shape index (κ3) is 7.21. The van der Waals surface area contributed by atoms with Gasteiger partial charge in [0.05, 0.1) is 17.7 Å². The van der Waals surface area contributed by atoms with Gasteiger partial charge in [0.25, 0.3) is 10.0 Å². The van der Waals surface area contributed by atoms with E-state index in [1.54, 1.807) is 36.4 Å². The molecule has 3 aromatic rings. The maximum absolute atomic E-state index is 14.2. The van der Waals surface area contributed by atoms with Gasteiger partial charge in [0.2, 0.25) is 11.8 Å². The largest absolute Gasteiger partial charge is 0.495 e. The molecule has 0 saturated heterocycles. The maximum atomic E-state index is 14.2. The molecular weight excluding hydrogens is 526 g/mol. The van der Waals surface area contributed by atoms with Crippen molar-refractivity contribution < 1.29 is 22.7 Å². The van der Waals surface area contributed by atoms with E-state index in [-0.39, 0.29) is 29.1 Å². The molecule has 3 rings (SSSR count). The van der Waals surface area contributed by atoms with Crippen LogP contribution in [0.25, 0.3) is 0 Å². The zero-order valence-corrected chi connectivity index (χ0v) is 24.9. The van der Waals surface area contributed by atoms with E-state index in [2.05, 4.69) is 5.32 Å². The minimum Gasteiger partial charge on any atom is -0.495 e. The Labute approximate surface area is 238 Å². The molecule has 0 saturated carbocycles. The fraction of sp³-hybridized carbons (Fsp3) is 0.355. The summed E-state index contributed by atoms with van der Waals surface area (Å²) in [6.07, 6.45) is 0.357. The molecule has 0 aliphatic rings. The normalized spacial score (nSPS) is 12.1. The van der Waals surface area contributed by atoms with E-state index in [1.807, 2.05) is 58.9 Å². The van der Waals surface area contributed by atoms with Gasteiger partial charge in [-0.15, -0.1) is 0 Å². The third-order valence-electron chi connectivity index (χ3n) is 6.66. The van der Waals surface area contributed by atoms with E-state index in [0.29, 0.717) is 12.2 Å². The smallest absolute Gasteiger partial charge is 0.264 e. The van der Waals surface area contributed by atoms with E-state index in [4.69, 9.17) is 4.74 Å². The van der Waals surface area contributed by atoms with Gasteiger partial charge in [-0.2, -0.15) is 0 Å². The summed E-state index contributed by atoms with van der Waals surface area (Å²) in [5, 5.41) is 2.91. The highest BCUT2D eigenvalue weighted by atomic mass is 32.2. The van der Waals surface area contributed by atoms with Gasteiger partial charge in [-0.3, -0.25) is 13.9 Å². The molecule has 0 spiro atoms. The van der Waals surface area contributed by atoms with Gasteiger partial charge in [0.15, 0.2) is 0 Å². The van der Waals surface area contributed by atoms with Crippen LogP contribution in [-0.4, -0.2) is 50.9 Å². The molecule has 0 aliphatic carbocycles. The molecule has 40 heavy (non-hydrogen) atoms. The number of nitrogens with zero attached hydrogens (tertiary/aromatic N) is 2. The monoisotopic (exact) mass is 565 g/mol. The number of aryl methyl sites for hydroxylation is 2. The van der Waals surface area contributed by atoms with Crippen LogP contribution in [0.1, 0.15) is 43.9 Å². The molecule has 0 aliphatic heterocycles. The average molecular weight is 566 g/mol. The molecule has 1 atom stereocenters. The topological polar surface area (TPSA) is 96.0 Å². The Kier molecular flexibility index (Phi) is 10.3. The van der Waals surface area contributed by atoms with Crippen LogP contribution in [0.4, 0.5) is 5.69 Å². The fourth-order valence-electron chi connectivity index (χ4n) is 4.46. The number of methoxy groups -OCH3 is 1. The summed E-state index contributed by atoms with van der Waals surface area (Å²) in [7, 11) is -2.73. The summed E-state index contributed by atoms with van der Waals surface area (Å²) in [5.74, 6) is -0.485. The molecule has 1 N–H and O–H groups in total. The van der Waals surface area contributed by atoms with Crippen molar-refractivity contribution in [2.24, 2.45) is 0 Å². The summed E-state index contributed by atoms with van der Waals surface area (Å²) in [4.78, 5) is 28.9. The molecular formula is C31H39N3O5S. The number of carbonyl (C=O) groups is 2. The summed E-state index contributed by atoms with van der Waals surface area (Å²) < 4.78 is 34.6. The van der Waals surface area contributed by atoms with Gasteiger partial charge < -0.3 is 15.0 Å². The Bertz CT molecular complexity index is 1420. The van der Waals surface area contributed by atoms with Gasteiger partial charge in [-0.1, -0.05) is 61.0 Å². The maximum Gasteiger partial charge on any atom is 0.264 e. The van der Waals surface area contributed by atoms with Crippen LogP contribution in [0.5, 0.6) is 5.75 Å². The molecule has 3 aromatic carbocycles. The number of hydrogen-bond donors (Lipinski definition) is 1. The van der Waals surface area contributed by atoms with Crippen molar-refractivity contribution in [3.63, 3.8) is 0 Å².